The van der Waals surface area contributed by atoms with Crippen molar-refractivity contribution in [2.24, 2.45) is 0 Å². The Balaban J connectivity index is 1.55. The van der Waals surface area contributed by atoms with Crippen LogP contribution in [0.25, 0.3) is 0 Å². The molecule has 6 nitrogen and oxygen atoms in total. The molecule has 1 amide bonds. The molecule has 6 heteroatoms. The lowest BCUT2D eigenvalue weighted by Crippen LogP contribution is -2.47. The van der Waals surface area contributed by atoms with Gasteiger partial charge in [-0.25, -0.2) is 0 Å². The maximum Gasteiger partial charge on any atom is 0.252 e. The van der Waals surface area contributed by atoms with Crippen LogP contribution in [0.2, 0.25) is 0 Å². The number of piperidine rings is 1. The third-order valence-electron chi connectivity index (χ3n) is 5.02. The van der Waals surface area contributed by atoms with Crippen LogP contribution in [-0.4, -0.2) is 41.1 Å². The van der Waals surface area contributed by atoms with Crippen molar-refractivity contribution in [3.63, 3.8) is 0 Å². The SMILES string of the molecule is COCc1nc(C2(C)CCCN(C(=O)CCCc3ccccc3)C2)no1. The van der Waals surface area contributed by atoms with Crippen LogP contribution in [0.5, 0.6) is 0 Å². The number of benzene rings is 1. The summed E-state index contributed by atoms with van der Waals surface area (Å²) in [5, 5.41) is 4.12. The van der Waals surface area contributed by atoms with E-state index in [1.165, 1.54) is 5.56 Å². The summed E-state index contributed by atoms with van der Waals surface area (Å²) >= 11 is 0. The number of ether oxygens (including phenoxy) is 1. The van der Waals surface area contributed by atoms with Crippen LogP contribution in [0, 0.1) is 0 Å². The zero-order chi connectivity index (χ0) is 18.4. The molecule has 1 aromatic carbocycles. The van der Waals surface area contributed by atoms with Gasteiger partial charge in [0.05, 0.1) is 0 Å². The van der Waals surface area contributed by atoms with Crippen molar-refractivity contribution in [1.82, 2.24) is 15.0 Å². The minimum Gasteiger partial charge on any atom is -0.375 e. The first kappa shape index (κ1) is 18.6. The third kappa shape index (κ3) is 4.49. The molecule has 1 fully saturated rings. The minimum absolute atomic E-state index is 0.215. The highest BCUT2D eigenvalue weighted by molar-refractivity contribution is 5.76. The molecule has 140 valence electrons. The molecule has 1 aliphatic heterocycles. The third-order valence-corrected chi connectivity index (χ3v) is 5.02. The molecular weight excluding hydrogens is 330 g/mol. The Hall–Kier alpha value is -2.21. The normalized spacial score (nSPS) is 20.3. The summed E-state index contributed by atoms with van der Waals surface area (Å²) in [5.74, 6) is 1.37. The summed E-state index contributed by atoms with van der Waals surface area (Å²) in [5.41, 5.74) is 1.02. The number of carbonyl (C=O) groups excluding carboxylic acids is 1. The topological polar surface area (TPSA) is 68.5 Å². The van der Waals surface area contributed by atoms with Crippen molar-refractivity contribution in [3.05, 3.63) is 47.6 Å². The van der Waals surface area contributed by atoms with E-state index in [4.69, 9.17) is 9.26 Å². The van der Waals surface area contributed by atoms with Gasteiger partial charge in [0.25, 0.3) is 5.89 Å². The van der Waals surface area contributed by atoms with Gasteiger partial charge < -0.3 is 14.2 Å². The highest BCUT2D eigenvalue weighted by Crippen LogP contribution is 2.32. The first-order chi connectivity index (χ1) is 12.6. The lowest BCUT2D eigenvalue weighted by atomic mass is 9.81. The number of carbonyl (C=O) groups is 1. The molecule has 0 bridgehead atoms. The Kier molecular flexibility index (Phi) is 6.04. The van der Waals surface area contributed by atoms with E-state index in [9.17, 15) is 4.79 Å². The monoisotopic (exact) mass is 357 g/mol. The van der Waals surface area contributed by atoms with E-state index in [0.717, 1.165) is 32.2 Å². The fourth-order valence-electron chi connectivity index (χ4n) is 3.56. The molecular formula is C20H27N3O3. The van der Waals surface area contributed by atoms with Crippen molar-refractivity contribution in [1.29, 1.82) is 0 Å². The van der Waals surface area contributed by atoms with Crippen LogP contribution in [0.1, 0.15) is 49.9 Å². The molecule has 2 aromatic rings. The van der Waals surface area contributed by atoms with Crippen LogP contribution in [0.15, 0.2) is 34.9 Å². The maximum atomic E-state index is 12.7. The summed E-state index contributed by atoms with van der Waals surface area (Å²) in [7, 11) is 1.60. The number of methoxy groups -OCH3 is 1. The Bertz CT molecular complexity index is 716. The van der Waals surface area contributed by atoms with Crippen LogP contribution >= 0.6 is 0 Å². The molecule has 1 saturated heterocycles. The van der Waals surface area contributed by atoms with Gasteiger partial charge in [-0.05, 0) is 31.2 Å². The van der Waals surface area contributed by atoms with Crippen LogP contribution in [0.4, 0.5) is 0 Å². The number of aryl methyl sites for hydroxylation is 1. The van der Waals surface area contributed by atoms with E-state index in [0.29, 0.717) is 31.3 Å². The molecule has 0 spiro atoms. The van der Waals surface area contributed by atoms with Crippen molar-refractivity contribution in [2.45, 2.75) is 51.0 Å². The smallest absolute Gasteiger partial charge is 0.252 e. The number of nitrogens with zero attached hydrogens (tertiary/aromatic N) is 3. The Morgan fingerprint density at radius 3 is 2.92 bits per heavy atom. The first-order valence-electron chi connectivity index (χ1n) is 9.24. The van der Waals surface area contributed by atoms with Crippen molar-refractivity contribution < 1.29 is 14.1 Å². The second-order valence-corrected chi connectivity index (χ2v) is 7.26. The molecule has 2 heterocycles. The molecule has 0 aliphatic carbocycles. The number of hydrogen-bond donors (Lipinski definition) is 0. The molecule has 0 N–H and O–H groups in total. The number of rotatable bonds is 7. The summed E-state index contributed by atoms with van der Waals surface area (Å²) < 4.78 is 10.3. The number of hydrogen-bond acceptors (Lipinski definition) is 5. The van der Waals surface area contributed by atoms with E-state index in [1.54, 1.807) is 7.11 Å². The maximum absolute atomic E-state index is 12.7. The average Bonchev–Trinajstić information content (AvgIpc) is 3.12. The molecule has 26 heavy (non-hydrogen) atoms. The quantitative estimate of drug-likeness (QED) is 0.761. The van der Waals surface area contributed by atoms with Crippen molar-refractivity contribution in [3.8, 4) is 0 Å². The molecule has 1 atom stereocenters. The van der Waals surface area contributed by atoms with E-state index in [1.807, 2.05) is 23.1 Å². The number of amides is 1. The summed E-state index contributed by atoms with van der Waals surface area (Å²) in [6, 6.07) is 10.3. The van der Waals surface area contributed by atoms with Gasteiger partial charge in [-0.15, -0.1) is 0 Å². The van der Waals surface area contributed by atoms with E-state index < -0.39 is 0 Å². The van der Waals surface area contributed by atoms with Gasteiger partial charge in [0.2, 0.25) is 5.91 Å². The molecule has 1 aliphatic rings. The van der Waals surface area contributed by atoms with Gasteiger partial charge in [0, 0.05) is 32.0 Å². The largest absolute Gasteiger partial charge is 0.375 e. The molecule has 0 radical (unpaired) electrons. The Labute approximate surface area is 154 Å². The predicted octanol–water partition coefficient (Wildman–Crippen LogP) is 3.12. The van der Waals surface area contributed by atoms with Gasteiger partial charge in [-0.1, -0.05) is 42.4 Å². The van der Waals surface area contributed by atoms with Crippen LogP contribution in [-0.2, 0) is 28.0 Å². The second kappa shape index (κ2) is 8.45. The molecule has 1 aromatic heterocycles. The van der Waals surface area contributed by atoms with Crippen molar-refractivity contribution >= 4 is 5.91 Å². The summed E-state index contributed by atoms with van der Waals surface area (Å²) in [6.45, 7) is 3.87. The van der Waals surface area contributed by atoms with E-state index >= 15 is 0 Å². The highest BCUT2D eigenvalue weighted by Gasteiger charge is 2.38. The standard InChI is InChI=1S/C20H27N3O3/c1-20(19-21-17(14-25-2)26-22-19)12-7-13-23(15-20)18(24)11-6-10-16-8-4-3-5-9-16/h3-5,8-9H,6-7,10-15H2,1-2H3. The Morgan fingerprint density at radius 2 is 2.15 bits per heavy atom. The summed E-state index contributed by atoms with van der Waals surface area (Å²) in [4.78, 5) is 19.1. The number of likely N-dealkylation sites (tertiary alicyclic amines) is 1. The predicted molar refractivity (Wildman–Crippen MR) is 97.6 cm³/mol. The van der Waals surface area contributed by atoms with Crippen molar-refractivity contribution in [2.75, 3.05) is 20.2 Å². The molecule has 3 rings (SSSR count). The average molecular weight is 357 g/mol. The van der Waals surface area contributed by atoms with Gasteiger partial charge in [0.1, 0.15) is 6.61 Å². The zero-order valence-electron chi connectivity index (χ0n) is 15.6. The van der Waals surface area contributed by atoms with Gasteiger partial charge in [-0.2, -0.15) is 4.98 Å². The highest BCUT2D eigenvalue weighted by atomic mass is 16.5. The molecule has 1 unspecified atom stereocenters. The van der Waals surface area contributed by atoms with E-state index in [-0.39, 0.29) is 11.3 Å². The Morgan fingerprint density at radius 1 is 1.35 bits per heavy atom. The van der Waals surface area contributed by atoms with E-state index in [2.05, 4.69) is 29.2 Å². The lowest BCUT2D eigenvalue weighted by Gasteiger charge is -2.38. The fourth-order valence-corrected chi connectivity index (χ4v) is 3.56. The fraction of sp³-hybridized carbons (Fsp3) is 0.550. The zero-order valence-corrected chi connectivity index (χ0v) is 15.6. The van der Waals surface area contributed by atoms with Gasteiger partial charge in [0.15, 0.2) is 5.82 Å². The van der Waals surface area contributed by atoms with Crippen LogP contribution < -0.4 is 0 Å². The second-order valence-electron chi connectivity index (χ2n) is 7.26. The molecule has 0 saturated carbocycles. The lowest BCUT2D eigenvalue weighted by molar-refractivity contribution is -0.133. The van der Waals surface area contributed by atoms with Gasteiger partial charge >= 0.3 is 0 Å². The van der Waals surface area contributed by atoms with Crippen LogP contribution in [0.3, 0.4) is 0 Å². The van der Waals surface area contributed by atoms with Gasteiger partial charge in [-0.3, -0.25) is 4.79 Å². The first-order valence-corrected chi connectivity index (χ1v) is 9.24. The summed E-state index contributed by atoms with van der Waals surface area (Å²) in [6.07, 6.45) is 4.28. The minimum atomic E-state index is -0.261. The number of aromatic nitrogens is 2.